The van der Waals surface area contributed by atoms with E-state index in [4.69, 9.17) is 0 Å². The molecule has 0 N–H and O–H groups in total. The lowest BCUT2D eigenvalue weighted by atomic mass is 10.3. The first-order chi connectivity index (χ1) is 4.93. The molecule has 0 saturated carbocycles. The van der Waals surface area contributed by atoms with Crippen LogP contribution in [0, 0.1) is 0 Å². The van der Waals surface area contributed by atoms with Crippen LogP contribution in [0.4, 0.5) is 0 Å². The van der Waals surface area contributed by atoms with E-state index in [1.807, 2.05) is 0 Å². The highest BCUT2D eigenvalue weighted by molar-refractivity contribution is 5.37. The first-order valence-electron chi connectivity index (χ1n) is 2.87. The molecule has 0 bridgehead atoms. The summed E-state index contributed by atoms with van der Waals surface area (Å²) in [4.78, 5) is 13.5. The highest BCUT2D eigenvalue weighted by Gasteiger charge is 1.87. The molecule has 0 saturated heterocycles. The predicted molar refractivity (Wildman–Crippen MR) is 35.1 cm³/mol. The van der Waals surface area contributed by atoms with Crippen LogP contribution in [0.1, 0.15) is 5.56 Å². The van der Waals surface area contributed by atoms with Crippen molar-refractivity contribution in [1.29, 1.82) is 0 Å². The fraction of sp³-hybridized carbons (Fsp3) is 0.143. The second-order valence-corrected chi connectivity index (χ2v) is 1.76. The molecule has 52 valence electrons. The molecule has 10 heavy (non-hydrogen) atoms. The second-order valence-electron chi connectivity index (χ2n) is 1.76. The molecular formula is C7H7NO2. The van der Waals surface area contributed by atoms with Crippen LogP contribution in [0.15, 0.2) is 24.5 Å². The van der Waals surface area contributed by atoms with Crippen molar-refractivity contribution in [2.24, 2.45) is 0 Å². The summed E-state index contributed by atoms with van der Waals surface area (Å²) in [5.74, 6) is 0. The van der Waals surface area contributed by atoms with Crippen LogP contribution in [-0.4, -0.2) is 11.5 Å². The quantitative estimate of drug-likeness (QED) is 0.577. The fourth-order valence-electron chi connectivity index (χ4n) is 0.609. The number of hydrogen-bond donors (Lipinski definition) is 0. The summed E-state index contributed by atoms with van der Waals surface area (Å²) in [5.41, 5.74) is 0.946. The third kappa shape index (κ3) is 1.85. The van der Waals surface area contributed by atoms with E-state index < -0.39 is 0 Å². The number of carbonyl (C=O) groups excluding carboxylic acids is 1. The minimum Gasteiger partial charge on any atom is -0.463 e. The largest absolute Gasteiger partial charge is 0.463 e. The summed E-state index contributed by atoms with van der Waals surface area (Å²) in [7, 11) is 0. The molecular weight excluding hydrogens is 130 g/mol. The first-order valence-corrected chi connectivity index (χ1v) is 2.87. The Morgan fingerprint density at radius 3 is 2.80 bits per heavy atom. The van der Waals surface area contributed by atoms with Crippen molar-refractivity contribution in [2.45, 2.75) is 6.61 Å². The summed E-state index contributed by atoms with van der Waals surface area (Å²) >= 11 is 0. The standard InChI is InChI=1S/C7H7NO2/c9-6-10-5-7-1-3-8-4-2-7/h1-4,6H,5H2. The minimum atomic E-state index is 0.325. The average Bonchev–Trinajstić information content (AvgIpc) is 2.03. The zero-order valence-electron chi connectivity index (χ0n) is 5.36. The molecule has 0 aliphatic rings. The maximum absolute atomic E-state index is 9.74. The Balaban J connectivity index is 2.50. The van der Waals surface area contributed by atoms with Gasteiger partial charge in [0.05, 0.1) is 0 Å². The van der Waals surface area contributed by atoms with Gasteiger partial charge in [0.2, 0.25) is 0 Å². The van der Waals surface area contributed by atoms with Gasteiger partial charge in [0.15, 0.2) is 0 Å². The van der Waals surface area contributed by atoms with Gasteiger partial charge in [0, 0.05) is 12.4 Å². The van der Waals surface area contributed by atoms with E-state index >= 15 is 0 Å². The molecule has 0 atom stereocenters. The van der Waals surface area contributed by atoms with Crippen LogP contribution in [-0.2, 0) is 16.1 Å². The van der Waals surface area contributed by atoms with Gasteiger partial charge in [-0.2, -0.15) is 0 Å². The molecule has 0 radical (unpaired) electrons. The van der Waals surface area contributed by atoms with Crippen LogP contribution in [0.3, 0.4) is 0 Å². The number of aromatic nitrogens is 1. The third-order valence-corrected chi connectivity index (χ3v) is 1.07. The Hall–Kier alpha value is -1.38. The van der Waals surface area contributed by atoms with Crippen molar-refractivity contribution < 1.29 is 9.53 Å². The molecule has 1 heterocycles. The van der Waals surface area contributed by atoms with Gasteiger partial charge in [-0.05, 0) is 17.7 Å². The van der Waals surface area contributed by atoms with Gasteiger partial charge in [-0.15, -0.1) is 0 Å². The maximum Gasteiger partial charge on any atom is 0.293 e. The topological polar surface area (TPSA) is 39.2 Å². The fourth-order valence-corrected chi connectivity index (χ4v) is 0.609. The molecule has 0 spiro atoms. The molecule has 0 aliphatic carbocycles. The first kappa shape index (κ1) is 6.74. The number of carbonyl (C=O) groups is 1. The normalized spacial score (nSPS) is 8.80. The van der Waals surface area contributed by atoms with Crippen molar-refractivity contribution in [3.05, 3.63) is 30.1 Å². The number of pyridine rings is 1. The van der Waals surface area contributed by atoms with E-state index in [1.165, 1.54) is 0 Å². The van der Waals surface area contributed by atoms with Gasteiger partial charge in [0.1, 0.15) is 6.61 Å². The Morgan fingerprint density at radius 2 is 2.20 bits per heavy atom. The molecule has 0 aliphatic heterocycles. The molecule has 1 aromatic heterocycles. The van der Waals surface area contributed by atoms with Crippen LogP contribution >= 0.6 is 0 Å². The number of hydrogen-bond acceptors (Lipinski definition) is 3. The van der Waals surface area contributed by atoms with E-state index in [9.17, 15) is 4.79 Å². The summed E-state index contributed by atoms with van der Waals surface area (Å²) in [6.07, 6.45) is 3.31. The van der Waals surface area contributed by atoms with E-state index in [1.54, 1.807) is 24.5 Å². The second kappa shape index (κ2) is 3.61. The van der Waals surface area contributed by atoms with Crippen LogP contribution in [0.2, 0.25) is 0 Å². The predicted octanol–water partition coefficient (Wildman–Crippen LogP) is 0.755. The molecule has 3 nitrogen and oxygen atoms in total. The smallest absolute Gasteiger partial charge is 0.293 e. The molecule has 1 aromatic rings. The minimum absolute atomic E-state index is 0.325. The molecule has 3 heteroatoms. The van der Waals surface area contributed by atoms with Crippen molar-refractivity contribution in [3.63, 3.8) is 0 Å². The summed E-state index contributed by atoms with van der Waals surface area (Å²) in [6.45, 7) is 0.756. The maximum atomic E-state index is 9.74. The van der Waals surface area contributed by atoms with Crippen molar-refractivity contribution in [2.75, 3.05) is 0 Å². The Bertz CT molecular complexity index is 198. The zero-order chi connectivity index (χ0) is 7.23. The van der Waals surface area contributed by atoms with Gasteiger partial charge in [-0.1, -0.05) is 0 Å². The van der Waals surface area contributed by atoms with Gasteiger partial charge in [-0.3, -0.25) is 9.78 Å². The van der Waals surface area contributed by atoms with Crippen LogP contribution < -0.4 is 0 Å². The molecule has 0 amide bonds. The van der Waals surface area contributed by atoms with Gasteiger partial charge in [-0.25, -0.2) is 0 Å². The van der Waals surface area contributed by atoms with E-state index in [-0.39, 0.29) is 0 Å². The SMILES string of the molecule is O=COCc1ccncc1. The number of rotatable bonds is 3. The van der Waals surface area contributed by atoms with Crippen molar-refractivity contribution in [3.8, 4) is 0 Å². The van der Waals surface area contributed by atoms with Crippen LogP contribution in [0.5, 0.6) is 0 Å². The van der Waals surface area contributed by atoms with Crippen molar-refractivity contribution >= 4 is 6.47 Å². The zero-order valence-corrected chi connectivity index (χ0v) is 5.36. The Kier molecular flexibility index (Phi) is 2.43. The lowest BCUT2D eigenvalue weighted by Gasteiger charge is -1.95. The van der Waals surface area contributed by atoms with Crippen molar-refractivity contribution in [1.82, 2.24) is 4.98 Å². The van der Waals surface area contributed by atoms with E-state index in [0.717, 1.165) is 5.56 Å². The van der Waals surface area contributed by atoms with Crippen LogP contribution in [0.25, 0.3) is 0 Å². The average molecular weight is 137 g/mol. The summed E-state index contributed by atoms with van der Waals surface area (Å²) in [6, 6.07) is 3.59. The van der Waals surface area contributed by atoms with Gasteiger partial charge in [0.25, 0.3) is 6.47 Å². The lowest BCUT2D eigenvalue weighted by molar-refractivity contribution is -0.129. The molecule has 0 fully saturated rings. The highest BCUT2D eigenvalue weighted by Crippen LogP contribution is 1.96. The van der Waals surface area contributed by atoms with Gasteiger partial charge < -0.3 is 4.74 Å². The summed E-state index contributed by atoms with van der Waals surface area (Å²) in [5, 5.41) is 0. The molecule has 0 aromatic carbocycles. The van der Waals surface area contributed by atoms with E-state index in [0.29, 0.717) is 13.1 Å². The molecule has 0 unspecified atom stereocenters. The Labute approximate surface area is 58.7 Å². The molecule has 1 rings (SSSR count). The van der Waals surface area contributed by atoms with Gasteiger partial charge >= 0.3 is 0 Å². The third-order valence-electron chi connectivity index (χ3n) is 1.07. The Morgan fingerprint density at radius 1 is 1.50 bits per heavy atom. The number of ether oxygens (including phenoxy) is 1. The summed E-state index contributed by atoms with van der Waals surface area (Å²) < 4.78 is 4.51. The lowest BCUT2D eigenvalue weighted by Crippen LogP contribution is -1.88. The number of nitrogens with zero attached hydrogens (tertiary/aromatic N) is 1. The van der Waals surface area contributed by atoms with E-state index in [2.05, 4.69) is 9.72 Å². The highest BCUT2D eigenvalue weighted by atomic mass is 16.5. The monoisotopic (exact) mass is 137 g/mol.